The second kappa shape index (κ2) is 12.6. The number of hydrogen-bond acceptors (Lipinski definition) is 9. The SMILES string of the molecule is CC.N#Cc1cnc(Nc2cc(NCC3CCNCC3)c(C(=O)NC3CCCC3)nn2)cn1. The maximum Gasteiger partial charge on any atom is 0.274 e. The molecule has 1 amide bonds. The van der Waals surface area contributed by atoms with Crippen LogP contribution in [0.15, 0.2) is 18.5 Å². The van der Waals surface area contributed by atoms with Crippen molar-refractivity contribution in [1.29, 1.82) is 5.26 Å². The molecule has 0 aromatic carbocycles. The zero-order valence-corrected chi connectivity index (χ0v) is 19.4. The van der Waals surface area contributed by atoms with Gasteiger partial charge in [0.1, 0.15) is 11.9 Å². The van der Waals surface area contributed by atoms with E-state index < -0.39 is 0 Å². The van der Waals surface area contributed by atoms with Crippen molar-refractivity contribution in [2.45, 2.75) is 58.4 Å². The van der Waals surface area contributed by atoms with E-state index in [-0.39, 0.29) is 17.6 Å². The third-order valence-corrected chi connectivity index (χ3v) is 5.76. The molecule has 0 bridgehead atoms. The van der Waals surface area contributed by atoms with Crippen LogP contribution in [-0.2, 0) is 0 Å². The Morgan fingerprint density at radius 2 is 1.85 bits per heavy atom. The summed E-state index contributed by atoms with van der Waals surface area (Å²) in [6, 6.07) is 3.92. The molecule has 1 aliphatic heterocycles. The fraction of sp³-hybridized carbons (Fsp3) is 0.565. The van der Waals surface area contributed by atoms with Crippen LogP contribution in [-0.4, -0.2) is 51.7 Å². The smallest absolute Gasteiger partial charge is 0.274 e. The van der Waals surface area contributed by atoms with Gasteiger partial charge in [-0.1, -0.05) is 26.7 Å². The lowest BCUT2D eigenvalue weighted by Crippen LogP contribution is -2.34. The van der Waals surface area contributed by atoms with Gasteiger partial charge < -0.3 is 21.3 Å². The fourth-order valence-electron chi connectivity index (χ4n) is 4.00. The molecule has 2 aliphatic rings. The molecule has 33 heavy (non-hydrogen) atoms. The molecule has 176 valence electrons. The van der Waals surface area contributed by atoms with Crippen LogP contribution >= 0.6 is 0 Å². The highest BCUT2D eigenvalue weighted by Gasteiger charge is 2.22. The van der Waals surface area contributed by atoms with Gasteiger partial charge in [0.05, 0.1) is 18.1 Å². The molecule has 1 saturated carbocycles. The van der Waals surface area contributed by atoms with Crippen molar-refractivity contribution >= 4 is 23.2 Å². The van der Waals surface area contributed by atoms with Crippen molar-refractivity contribution in [1.82, 2.24) is 30.8 Å². The van der Waals surface area contributed by atoms with Gasteiger partial charge in [-0.05, 0) is 44.7 Å². The summed E-state index contributed by atoms with van der Waals surface area (Å²) in [5.74, 6) is 1.24. The van der Waals surface area contributed by atoms with E-state index in [0.29, 0.717) is 28.9 Å². The Bertz CT molecular complexity index is 930. The third-order valence-electron chi connectivity index (χ3n) is 5.76. The van der Waals surface area contributed by atoms with Crippen molar-refractivity contribution in [2.75, 3.05) is 30.3 Å². The predicted molar refractivity (Wildman–Crippen MR) is 127 cm³/mol. The molecule has 2 fully saturated rings. The Morgan fingerprint density at radius 1 is 1.09 bits per heavy atom. The van der Waals surface area contributed by atoms with E-state index in [1.54, 1.807) is 6.07 Å². The number of hydrogen-bond donors (Lipinski definition) is 4. The molecule has 10 nitrogen and oxygen atoms in total. The van der Waals surface area contributed by atoms with E-state index >= 15 is 0 Å². The van der Waals surface area contributed by atoms with Gasteiger partial charge in [0.25, 0.3) is 5.91 Å². The van der Waals surface area contributed by atoms with E-state index in [4.69, 9.17) is 5.26 Å². The van der Waals surface area contributed by atoms with Gasteiger partial charge in [-0.25, -0.2) is 9.97 Å². The molecule has 2 aromatic heterocycles. The normalized spacial score (nSPS) is 16.3. The summed E-state index contributed by atoms with van der Waals surface area (Å²) in [5.41, 5.74) is 1.19. The number of amides is 1. The van der Waals surface area contributed by atoms with Gasteiger partial charge in [0.15, 0.2) is 17.2 Å². The number of aromatic nitrogens is 4. The Labute approximate surface area is 195 Å². The summed E-state index contributed by atoms with van der Waals surface area (Å²) in [4.78, 5) is 21.0. The van der Waals surface area contributed by atoms with Crippen molar-refractivity contribution in [3.63, 3.8) is 0 Å². The van der Waals surface area contributed by atoms with Gasteiger partial charge in [-0.3, -0.25) is 4.79 Å². The zero-order chi connectivity index (χ0) is 23.5. The Balaban J connectivity index is 0.00000149. The van der Waals surface area contributed by atoms with Crippen molar-refractivity contribution < 1.29 is 4.79 Å². The minimum Gasteiger partial charge on any atom is -0.383 e. The molecule has 1 saturated heterocycles. The number of nitrogens with zero attached hydrogens (tertiary/aromatic N) is 5. The molecule has 4 N–H and O–H groups in total. The Morgan fingerprint density at radius 3 is 2.52 bits per heavy atom. The minimum atomic E-state index is -0.197. The zero-order valence-electron chi connectivity index (χ0n) is 19.4. The van der Waals surface area contributed by atoms with Gasteiger partial charge in [-0.15, -0.1) is 10.2 Å². The van der Waals surface area contributed by atoms with Gasteiger partial charge >= 0.3 is 0 Å². The summed E-state index contributed by atoms with van der Waals surface area (Å²) in [5, 5.41) is 30.2. The van der Waals surface area contributed by atoms with Crippen LogP contribution in [0.25, 0.3) is 0 Å². The molecule has 0 spiro atoms. The lowest BCUT2D eigenvalue weighted by molar-refractivity contribution is 0.0932. The number of carbonyl (C=O) groups excluding carboxylic acids is 1. The van der Waals surface area contributed by atoms with Crippen LogP contribution in [0.4, 0.5) is 17.3 Å². The molecular weight excluding hydrogens is 418 g/mol. The van der Waals surface area contributed by atoms with E-state index in [1.807, 2.05) is 19.9 Å². The molecule has 10 heteroatoms. The molecule has 0 atom stereocenters. The monoisotopic (exact) mass is 451 g/mol. The molecule has 4 rings (SSSR count). The number of nitrogens with one attached hydrogen (secondary N) is 4. The minimum absolute atomic E-state index is 0.197. The van der Waals surface area contributed by atoms with E-state index in [9.17, 15) is 4.79 Å². The van der Waals surface area contributed by atoms with E-state index in [1.165, 1.54) is 12.4 Å². The van der Waals surface area contributed by atoms with Crippen LogP contribution < -0.4 is 21.3 Å². The number of anilines is 3. The Kier molecular flexibility index (Phi) is 9.32. The molecular formula is C23H33N9O. The lowest BCUT2D eigenvalue weighted by atomic mass is 9.98. The van der Waals surface area contributed by atoms with Crippen LogP contribution in [0.5, 0.6) is 0 Å². The highest BCUT2D eigenvalue weighted by Crippen LogP contribution is 2.23. The largest absolute Gasteiger partial charge is 0.383 e. The number of rotatable bonds is 7. The number of piperidine rings is 1. The number of carbonyl (C=O) groups is 1. The van der Waals surface area contributed by atoms with Crippen LogP contribution in [0.1, 0.15) is 68.6 Å². The van der Waals surface area contributed by atoms with Gasteiger partial charge in [-0.2, -0.15) is 5.26 Å². The first-order chi connectivity index (χ1) is 16.2. The highest BCUT2D eigenvalue weighted by molar-refractivity contribution is 5.98. The quantitative estimate of drug-likeness (QED) is 0.500. The first-order valence-electron chi connectivity index (χ1n) is 11.8. The van der Waals surface area contributed by atoms with Crippen molar-refractivity contribution in [3.8, 4) is 6.07 Å². The van der Waals surface area contributed by atoms with Crippen LogP contribution in [0.2, 0.25) is 0 Å². The fourth-order valence-corrected chi connectivity index (χ4v) is 4.00. The maximum atomic E-state index is 12.9. The summed E-state index contributed by atoms with van der Waals surface area (Å²) in [6.07, 6.45) is 9.35. The second-order valence-corrected chi connectivity index (χ2v) is 8.04. The first kappa shape index (κ1) is 24.3. The van der Waals surface area contributed by atoms with Crippen molar-refractivity contribution in [2.24, 2.45) is 5.92 Å². The molecule has 3 heterocycles. The lowest BCUT2D eigenvalue weighted by Gasteiger charge is -2.24. The van der Waals surface area contributed by atoms with Crippen molar-refractivity contribution in [3.05, 3.63) is 29.8 Å². The Hall–Kier alpha value is -3.32. The van der Waals surface area contributed by atoms with E-state index in [2.05, 4.69) is 41.4 Å². The summed E-state index contributed by atoms with van der Waals surface area (Å²) < 4.78 is 0. The maximum absolute atomic E-state index is 12.9. The topological polar surface area (TPSA) is 141 Å². The average Bonchev–Trinajstić information content (AvgIpc) is 3.38. The third kappa shape index (κ3) is 7.08. The number of nitriles is 1. The van der Waals surface area contributed by atoms with Crippen LogP contribution in [0, 0.1) is 17.2 Å². The second-order valence-electron chi connectivity index (χ2n) is 8.04. The summed E-state index contributed by atoms with van der Waals surface area (Å²) in [7, 11) is 0. The first-order valence-corrected chi connectivity index (χ1v) is 11.8. The molecule has 0 unspecified atom stereocenters. The molecule has 1 aliphatic carbocycles. The summed E-state index contributed by atoms with van der Waals surface area (Å²) in [6.45, 7) is 6.80. The summed E-state index contributed by atoms with van der Waals surface area (Å²) >= 11 is 0. The predicted octanol–water partition coefficient (Wildman–Crippen LogP) is 2.99. The van der Waals surface area contributed by atoms with Gasteiger partial charge in [0, 0.05) is 18.7 Å². The van der Waals surface area contributed by atoms with Crippen LogP contribution in [0.3, 0.4) is 0 Å². The highest BCUT2D eigenvalue weighted by atomic mass is 16.2. The average molecular weight is 452 g/mol. The molecule has 0 radical (unpaired) electrons. The van der Waals surface area contributed by atoms with Gasteiger partial charge in [0.2, 0.25) is 0 Å². The molecule has 2 aromatic rings. The standard InChI is InChI=1S/C21H27N9O.C2H6/c22-10-16-12-26-19(13-24-16)28-18-9-17(25-11-14-5-7-23-8-6-14)20(30-29-18)21(31)27-15-3-1-2-4-15;1-2/h9,12-15,23H,1-8,11H2,(H,27,31)(H2,25,26,28,29);1-2H3. The van der Waals surface area contributed by atoms with E-state index in [0.717, 1.165) is 58.2 Å².